The van der Waals surface area contributed by atoms with Crippen LogP contribution in [0.5, 0.6) is 0 Å². The number of carbonyl (C=O) groups is 3. The number of para-hydroxylation sites is 1. The Morgan fingerprint density at radius 1 is 1.21 bits per heavy atom. The number of benzene rings is 1. The van der Waals surface area contributed by atoms with E-state index in [0.717, 1.165) is 23.8 Å². The van der Waals surface area contributed by atoms with E-state index in [-0.39, 0.29) is 18.0 Å². The van der Waals surface area contributed by atoms with Gasteiger partial charge in [0.15, 0.2) is 5.13 Å². The molecule has 0 bridgehead atoms. The zero-order valence-corrected chi connectivity index (χ0v) is 15.8. The van der Waals surface area contributed by atoms with Gasteiger partial charge in [0.2, 0.25) is 11.8 Å². The number of anilines is 2. The lowest BCUT2D eigenvalue weighted by atomic mass is 9.90. The molecule has 146 valence electrons. The molecule has 9 nitrogen and oxygen atoms in total. The molecule has 0 radical (unpaired) electrons. The first-order valence-electron chi connectivity index (χ1n) is 8.89. The van der Waals surface area contributed by atoms with Gasteiger partial charge in [0, 0.05) is 30.6 Å². The van der Waals surface area contributed by atoms with Crippen LogP contribution in [-0.2, 0) is 14.3 Å². The van der Waals surface area contributed by atoms with Crippen molar-refractivity contribution in [2.24, 2.45) is 0 Å². The van der Waals surface area contributed by atoms with E-state index in [0.29, 0.717) is 18.9 Å². The predicted molar refractivity (Wildman–Crippen MR) is 103 cm³/mol. The molecule has 10 heteroatoms. The van der Waals surface area contributed by atoms with Crippen molar-refractivity contribution in [1.29, 1.82) is 0 Å². The first kappa shape index (κ1) is 18.4. The van der Waals surface area contributed by atoms with Crippen molar-refractivity contribution >= 4 is 39.9 Å². The summed E-state index contributed by atoms with van der Waals surface area (Å²) in [5.41, 5.74) is 6.36. The number of nitrogens with zero attached hydrogens (tertiary/aromatic N) is 2. The van der Waals surface area contributed by atoms with Gasteiger partial charge in [-0.2, -0.15) is 0 Å². The second-order valence-corrected chi connectivity index (χ2v) is 7.29. The maximum Gasteiger partial charge on any atom is 0.289 e. The number of hydrazine groups is 1. The standard InChI is InChI=1S/C18H19N5O4S/c24-15-9-12(11-3-1-2-4-13(11)19-15)16(25)21-22-17(26)14-10-28-18(20-14)23-5-7-27-8-6-23/h1-4,10,12H,5-9H2,(H,19,24)(H,21,25)(H,22,26). The van der Waals surface area contributed by atoms with Crippen LogP contribution in [-0.4, -0.2) is 49.0 Å². The van der Waals surface area contributed by atoms with E-state index >= 15 is 0 Å². The normalized spacial score (nSPS) is 18.8. The molecular weight excluding hydrogens is 382 g/mol. The topological polar surface area (TPSA) is 113 Å². The quantitative estimate of drug-likeness (QED) is 0.658. The smallest absolute Gasteiger partial charge is 0.289 e. The number of morpholine rings is 1. The van der Waals surface area contributed by atoms with Gasteiger partial charge in [0.25, 0.3) is 5.91 Å². The Bertz CT molecular complexity index is 909. The van der Waals surface area contributed by atoms with Gasteiger partial charge in [0.05, 0.1) is 19.1 Å². The van der Waals surface area contributed by atoms with Crippen LogP contribution in [0.15, 0.2) is 29.6 Å². The number of rotatable bonds is 3. The summed E-state index contributed by atoms with van der Waals surface area (Å²) < 4.78 is 5.31. The minimum atomic E-state index is -0.662. The van der Waals surface area contributed by atoms with Gasteiger partial charge in [-0.15, -0.1) is 11.3 Å². The molecule has 3 amide bonds. The highest BCUT2D eigenvalue weighted by Crippen LogP contribution is 2.31. The van der Waals surface area contributed by atoms with Crippen molar-refractivity contribution in [1.82, 2.24) is 15.8 Å². The lowest BCUT2D eigenvalue weighted by Gasteiger charge is -2.26. The van der Waals surface area contributed by atoms with Crippen molar-refractivity contribution in [3.63, 3.8) is 0 Å². The molecule has 2 aliphatic heterocycles. The minimum Gasteiger partial charge on any atom is -0.378 e. The second-order valence-electron chi connectivity index (χ2n) is 6.45. The van der Waals surface area contributed by atoms with Gasteiger partial charge in [0.1, 0.15) is 5.69 Å². The molecule has 0 spiro atoms. The Hall–Kier alpha value is -2.98. The Labute approximate surface area is 165 Å². The van der Waals surface area contributed by atoms with Gasteiger partial charge in [-0.25, -0.2) is 4.98 Å². The molecule has 28 heavy (non-hydrogen) atoms. The van der Waals surface area contributed by atoms with Crippen molar-refractivity contribution in [2.75, 3.05) is 36.5 Å². The highest BCUT2D eigenvalue weighted by atomic mass is 32.1. The third-order valence-corrected chi connectivity index (χ3v) is 5.52. The summed E-state index contributed by atoms with van der Waals surface area (Å²) in [6.45, 7) is 2.73. The monoisotopic (exact) mass is 401 g/mol. The fourth-order valence-corrected chi connectivity index (χ4v) is 4.04. The largest absolute Gasteiger partial charge is 0.378 e. The van der Waals surface area contributed by atoms with Gasteiger partial charge in [-0.1, -0.05) is 18.2 Å². The molecule has 4 rings (SSSR count). The Morgan fingerprint density at radius 3 is 2.82 bits per heavy atom. The molecule has 2 aliphatic rings. The first-order chi connectivity index (χ1) is 13.6. The van der Waals surface area contributed by atoms with Crippen molar-refractivity contribution in [2.45, 2.75) is 12.3 Å². The molecular formula is C18H19N5O4S. The second kappa shape index (κ2) is 7.95. The summed E-state index contributed by atoms with van der Waals surface area (Å²) >= 11 is 1.37. The highest BCUT2D eigenvalue weighted by Gasteiger charge is 2.30. The number of hydrogen-bond donors (Lipinski definition) is 3. The molecule has 1 fully saturated rings. The van der Waals surface area contributed by atoms with Crippen molar-refractivity contribution in [3.05, 3.63) is 40.9 Å². The lowest BCUT2D eigenvalue weighted by Crippen LogP contribution is -2.45. The number of carbonyl (C=O) groups excluding carboxylic acids is 3. The molecule has 0 saturated carbocycles. The molecule has 1 saturated heterocycles. The molecule has 2 aromatic rings. The zero-order chi connectivity index (χ0) is 19.5. The fraction of sp³-hybridized carbons (Fsp3) is 0.333. The van der Waals surface area contributed by atoms with E-state index in [1.807, 2.05) is 0 Å². The SMILES string of the molecule is O=C1CC(C(=O)NNC(=O)c2csc(N3CCOCC3)n2)c2ccccc2N1. The third-order valence-electron chi connectivity index (χ3n) is 4.62. The number of thiazole rings is 1. The van der Waals surface area contributed by atoms with Gasteiger partial charge < -0.3 is 15.0 Å². The maximum atomic E-state index is 12.5. The van der Waals surface area contributed by atoms with E-state index in [4.69, 9.17) is 4.74 Å². The van der Waals surface area contributed by atoms with Crippen LogP contribution >= 0.6 is 11.3 Å². The highest BCUT2D eigenvalue weighted by molar-refractivity contribution is 7.13. The predicted octanol–water partition coefficient (Wildman–Crippen LogP) is 0.867. The van der Waals surface area contributed by atoms with Gasteiger partial charge in [-0.3, -0.25) is 25.2 Å². The fourth-order valence-electron chi connectivity index (χ4n) is 3.18. The van der Waals surface area contributed by atoms with Crippen LogP contribution in [0.25, 0.3) is 0 Å². The number of nitrogens with one attached hydrogen (secondary N) is 3. The summed E-state index contributed by atoms with van der Waals surface area (Å²) in [7, 11) is 0. The number of aromatic nitrogens is 1. The van der Waals surface area contributed by atoms with E-state index in [1.165, 1.54) is 11.3 Å². The zero-order valence-electron chi connectivity index (χ0n) is 14.9. The van der Waals surface area contributed by atoms with Crippen LogP contribution in [0.3, 0.4) is 0 Å². The van der Waals surface area contributed by atoms with Crippen LogP contribution in [0.2, 0.25) is 0 Å². The molecule has 1 unspecified atom stereocenters. The van der Waals surface area contributed by atoms with Crippen LogP contribution < -0.4 is 21.1 Å². The van der Waals surface area contributed by atoms with Crippen LogP contribution in [0.1, 0.15) is 28.4 Å². The average molecular weight is 401 g/mol. The maximum absolute atomic E-state index is 12.5. The number of amides is 3. The number of fused-ring (bicyclic) bond motifs is 1. The van der Waals surface area contributed by atoms with E-state index < -0.39 is 17.7 Å². The molecule has 0 aliphatic carbocycles. The Kier molecular flexibility index (Phi) is 5.22. The summed E-state index contributed by atoms with van der Waals surface area (Å²) in [5, 5.41) is 5.14. The molecule has 1 aromatic heterocycles. The molecule has 3 N–H and O–H groups in total. The molecule has 3 heterocycles. The van der Waals surface area contributed by atoms with Gasteiger partial charge >= 0.3 is 0 Å². The number of ether oxygens (including phenoxy) is 1. The third kappa shape index (κ3) is 3.82. The number of hydrogen-bond acceptors (Lipinski definition) is 7. The first-order valence-corrected chi connectivity index (χ1v) is 9.77. The van der Waals surface area contributed by atoms with E-state index in [1.54, 1.807) is 29.6 Å². The Balaban J connectivity index is 1.38. The van der Waals surface area contributed by atoms with Crippen LogP contribution in [0.4, 0.5) is 10.8 Å². The molecule has 1 aromatic carbocycles. The summed E-state index contributed by atoms with van der Waals surface area (Å²) in [5.74, 6) is -1.85. The minimum absolute atomic E-state index is 0.0244. The van der Waals surface area contributed by atoms with Crippen molar-refractivity contribution < 1.29 is 19.1 Å². The summed E-state index contributed by atoms with van der Waals surface area (Å²) in [6, 6.07) is 7.12. The van der Waals surface area contributed by atoms with Crippen LogP contribution in [0, 0.1) is 0 Å². The summed E-state index contributed by atoms with van der Waals surface area (Å²) in [6.07, 6.45) is 0.0244. The van der Waals surface area contributed by atoms with Gasteiger partial charge in [-0.05, 0) is 11.6 Å². The van der Waals surface area contributed by atoms with Crippen molar-refractivity contribution in [3.8, 4) is 0 Å². The average Bonchev–Trinajstić information content (AvgIpc) is 3.22. The van der Waals surface area contributed by atoms with E-state index in [9.17, 15) is 14.4 Å². The molecule has 1 atom stereocenters. The summed E-state index contributed by atoms with van der Waals surface area (Å²) in [4.78, 5) is 43.1. The lowest BCUT2D eigenvalue weighted by molar-refractivity contribution is -0.126. The Morgan fingerprint density at radius 2 is 2.00 bits per heavy atom. The van der Waals surface area contributed by atoms with E-state index in [2.05, 4.69) is 26.1 Å².